The summed E-state index contributed by atoms with van der Waals surface area (Å²) in [6.45, 7) is 1.74. The molecule has 5 heteroatoms. The second-order valence-electron chi connectivity index (χ2n) is 4.60. The molecule has 2 aromatic rings. The number of hydrogen-bond acceptors (Lipinski definition) is 3. The Bertz CT molecular complexity index is 602. The highest BCUT2D eigenvalue weighted by Gasteiger charge is 2.12. The molecule has 1 atom stereocenters. The molecule has 0 amide bonds. The quantitative estimate of drug-likeness (QED) is 0.877. The molecular weight excluding hydrogens is 244 g/mol. The lowest BCUT2D eigenvalue weighted by atomic mass is 10.0. The van der Waals surface area contributed by atoms with Gasteiger partial charge in [-0.3, -0.25) is 4.68 Å². The van der Waals surface area contributed by atoms with E-state index in [0.29, 0.717) is 6.42 Å². The van der Waals surface area contributed by atoms with E-state index in [2.05, 4.69) is 5.10 Å². The van der Waals surface area contributed by atoms with Crippen molar-refractivity contribution in [2.24, 2.45) is 7.05 Å². The van der Waals surface area contributed by atoms with Crippen molar-refractivity contribution in [1.82, 2.24) is 9.78 Å². The number of aryl methyl sites for hydroxylation is 1. The number of aromatic nitrogens is 2. The van der Waals surface area contributed by atoms with Crippen LogP contribution in [0.5, 0.6) is 0 Å². The second-order valence-corrected chi connectivity index (χ2v) is 4.60. The van der Waals surface area contributed by atoms with Crippen LogP contribution in [0.3, 0.4) is 0 Å². The van der Waals surface area contributed by atoms with E-state index in [9.17, 15) is 9.90 Å². The summed E-state index contributed by atoms with van der Waals surface area (Å²) in [6, 6.07) is 9.21. The predicted octanol–water partition coefficient (Wildman–Crippen LogP) is 1.71. The molecule has 0 aliphatic carbocycles. The number of carboxylic acid groups (broad SMARTS) is 1. The third-order valence-corrected chi connectivity index (χ3v) is 2.85. The summed E-state index contributed by atoms with van der Waals surface area (Å²) in [5.74, 6) is -1.04. The third-order valence-electron chi connectivity index (χ3n) is 2.85. The van der Waals surface area contributed by atoms with E-state index in [0.717, 1.165) is 16.8 Å². The van der Waals surface area contributed by atoms with E-state index in [1.54, 1.807) is 24.7 Å². The molecule has 1 unspecified atom stereocenters. The number of hydrogen-bond donors (Lipinski definition) is 2. The Morgan fingerprint density at radius 3 is 2.74 bits per heavy atom. The van der Waals surface area contributed by atoms with Gasteiger partial charge in [-0.25, -0.2) is 4.79 Å². The summed E-state index contributed by atoms with van der Waals surface area (Å²) < 4.78 is 1.55. The Morgan fingerprint density at radius 2 is 2.16 bits per heavy atom. The van der Waals surface area contributed by atoms with E-state index in [1.807, 2.05) is 24.3 Å². The van der Waals surface area contributed by atoms with Gasteiger partial charge in [0.05, 0.1) is 11.8 Å². The van der Waals surface area contributed by atoms with Gasteiger partial charge >= 0.3 is 5.97 Å². The first-order valence-corrected chi connectivity index (χ1v) is 6.02. The average molecular weight is 260 g/mol. The average Bonchev–Trinajstić information content (AvgIpc) is 2.71. The van der Waals surface area contributed by atoms with Crippen LogP contribution in [0, 0.1) is 0 Å². The first-order chi connectivity index (χ1) is 8.97. The van der Waals surface area contributed by atoms with Crippen LogP contribution < -0.4 is 0 Å². The van der Waals surface area contributed by atoms with Gasteiger partial charge in [0.15, 0.2) is 5.69 Å². The van der Waals surface area contributed by atoms with Gasteiger partial charge in [0.25, 0.3) is 0 Å². The zero-order chi connectivity index (χ0) is 14.0. The minimum atomic E-state index is -1.04. The van der Waals surface area contributed by atoms with Crippen LogP contribution in [-0.2, 0) is 13.5 Å². The minimum Gasteiger partial charge on any atom is -0.476 e. The standard InChI is InChI=1S/C14H16N2O3/c1-9(17)6-10-4-3-5-11(7-10)13-8-12(14(18)19)15-16(13)2/h3-5,7-9,17H,6H2,1-2H3,(H,18,19). The van der Waals surface area contributed by atoms with Crippen LogP contribution >= 0.6 is 0 Å². The summed E-state index contributed by atoms with van der Waals surface area (Å²) in [7, 11) is 1.71. The molecule has 0 spiro atoms. The highest BCUT2D eigenvalue weighted by Crippen LogP contribution is 2.21. The smallest absolute Gasteiger partial charge is 0.356 e. The summed E-state index contributed by atoms with van der Waals surface area (Å²) in [5.41, 5.74) is 2.66. The molecule has 5 nitrogen and oxygen atoms in total. The summed E-state index contributed by atoms with van der Waals surface area (Å²) in [5, 5.41) is 22.3. The fourth-order valence-corrected chi connectivity index (χ4v) is 2.04. The molecule has 2 rings (SSSR count). The first-order valence-electron chi connectivity index (χ1n) is 6.02. The number of aromatic carboxylic acids is 1. The molecule has 1 heterocycles. The van der Waals surface area contributed by atoms with E-state index >= 15 is 0 Å². The van der Waals surface area contributed by atoms with Crippen LogP contribution in [0.15, 0.2) is 30.3 Å². The van der Waals surface area contributed by atoms with Crippen molar-refractivity contribution < 1.29 is 15.0 Å². The topological polar surface area (TPSA) is 75.3 Å². The lowest BCUT2D eigenvalue weighted by Crippen LogP contribution is -2.04. The maximum Gasteiger partial charge on any atom is 0.356 e. The number of aliphatic hydroxyl groups is 1. The zero-order valence-corrected chi connectivity index (χ0v) is 10.9. The molecule has 1 aromatic heterocycles. The van der Waals surface area contributed by atoms with E-state index in [-0.39, 0.29) is 5.69 Å². The summed E-state index contributed by atoms with van der Waals surface area (Å²) in [4.78, 5) is 10.9. The first kappa shape index (κ1) is 13.3. The van der Waals surface area contributed by atoms with Gasteiger partial charge in [0.1, 0.15) is 0 Å². The molecule has 0 bridgehead atoms. The molecule has 0 saturated carbocycles. The van der Waals surface area contributed by atoms with Crippen LogP contribution in [0.25, 0.3) is 11.3 Å². The molecule has 0 saturated heterocycles. The zero-order valence-electron chi connectivity index (χ0n) is 10.9. The maximum absolute atomic E-state index is 10.9. The van der Waals surface area contributed by atoms with Crippen molar-refractivity contribution >= 4 is 5.97 Å². The third kappa shape index (κ3) is 3.00. The molecule has 0 aliphatic rings. The highest BCUT2D eigenvalue weighted by molar-refractivity contribution is 5.87. The molecule has 19 heavy (non-hydrogen) atoms. The van der Waals surface area contributed by atoms with Gasteiger partial charge in [-0.15, -0.1) is 0 Å². The molecular formula is C14H16N2O3. The largest absolute Gasteiger partial charge is 0.476 e. The second kappa shape index (κ2) is 5.24. The monoisotopic (exact) mass is 260 g/mol. The van der Waals surface area contributed by atoms with Crippen molar-refractivity contribution in [1.29, 1.82) is 0 Å². The van der Waals surface area contributed by atoms with Crippen LogP contribution in [0.2, 0.25) is 0 Å². The van der Waals surface area contributed by atoms with E-state index in [1.165, 1.54) is 0 Å². The number of carbonyl (C=O) groups is 1. The SMILES string of the molecule is CC(O)Cc1cccc(-c2cc(C(=O)O)nn2C)c1. The molecule has 0 fully saturated rings. The van der Waals surface area contributed by atoms with Crippen LogP contribution in [0.1, 0.15) is 23.0 Å². The van der Waals surface area contributed by atoms with E-state index < -0.39 is 12.1 Å². The fourth-order valence-electron chi connectivity index (χ4n) is 2.04. The van der Waals surface area contributed by atoms with Crippen LogP contribution in [0.4, 0.5) is 0 Å². The van der Waals surface area contributed by atoms with Crippen molar-refractivity contribution in [3.8, 4) is 11.3 Å². The van der Waals surface area contributed by atoms with Crippen molar-refractivity contribution in [2.45, 2.75) is 19.4 Å². The van der Waals surface area contributed by atoms with Gasteiger partial charge in [-0.1, -0.05) is 18.2 Å². The van der Waals surface area contributed by atoms with Gasteiger partial charge in [0, 0.05) is 12.6 Å². The molecule has 100 valence electrons. The Labute approximate surface area is 111 Å². The molecule has 0 aliphatic heterocycles. The Morgan fingerprint density at radius 1 is 1.42 bits per heavy atom. The molecule has 2 N–H and O–H groups in total. The Balaban J connectivity index is 2.38. The number of carboxylic acids is 1. The van der Waals surface area contributed by atoms with E-state index in [4.69, 9.17) is 5.11 Å². The normalized spacial score (nSPS) is 12.4. The number of aliphatic hydroxyl groups excluding tert-OH is 1. The summed E-state index contributed by atoms with van der Waals surface area (Å²) in [6.07, 6.45) is 0.161. The number of benzene rings is 1. The minimum absolute atomic E-state index is 0.0263. The van der Waals surface area contributed by atoms with Gasteiger partial charge in [-0.05, 0) is 31.0 Å². The molecule has 1 aromatic carbocycles. The molecule has 0 radical (unpaired) electrons. The lowest BCUT2D eigenvalue weighted by Gasteiger charge is -2.07. The maximum atomic E-state index is 10.9. The number of nitrogens with zero attached hydrogens (tertiary/aromatic N) is 2. The van der Waals surface area contributed by atoms with Crippen LogP contribution in [-0.4, -0.2) is 32.1 Å². The van der Waals surface area contributed by atoms with Gasteiger partial charge in [-0.2, -0.15) is 5.10 Å². The van der Waals surface area contributed by atoms with Crippen molar-refractivity contribution in [2.75, 3.05) is 0 Å². The van der Waals surface area contributed by atoms with Crippen molar-refractivity contribution in [3.63, 3.8) is 0 Å². The van der Waals surface area contributed by atoms with Crippen molar-refractivity contribution in [3.05, 3.63) is 41.6 Å². The predicted molar refractivity (Wildman–Crippen MR) is 71.0 cm³/mol. The Kier molecular flexibility index (Phi) is 3.66. The number of rotatable bonds is 4. The highest BCUT2D eigenvalue weighted by atomic mass is 16.4. The lowest BCUT2D eigenvalue weighted by molar-refractivity contribution is 0.0689. The fraction of sp³-hybridized carbons (Fsp3) is 0.286. The Hall–Kier alpha value is -2.14. The van der Waals surface area contributed by atoms with Gasteiger partial charge in [0.2, 0.25) is 0 Å². The van der Waals surface area contributed by atoms with Gasteiger partial charge < -0.3 is 10.2 Å². The summed E-state index contributed by atoms with van der Waals surface area (Å²) >= 11 is 0.